The molecule has 9 heteroatoms. The predicted molar refractivity (Wildman–Crippen MR) is 110 cm³/mol. The third kappa shape index (κ3) is 4.01. The average Bonchev–Trinajstić information content (AvgIpc) is 2.99. The van der Waals surface area contributed by atoms with Gasteiger partial charge >= 0.3 is 0 Å². The highest BCUT2D eigenvalue weighted by atomic mass is 19.1. The molecule has 1 aliphatic rings. The van der Waals surface area contributed by atoms with Crippen molar-refractivity contribution in [2.45, 2.75) is 6.54 Å². The maximum Gasteiger partial charge on any atom is 0.278 e. The first-order valence-electron chi connectivity index (χ1n) is 9.22. The number of hydrogen-bond acceptors (Lipinski definition) is 6. The Balaban J connectivity index is 1.75. The number of carbonyl (C=O) groups is 2. The highest BCUT2D eigenvalue weighted by Crippen LogP contribution is 2.32. The molecule has 0 saturated carbocycles. The fourth-order valence-corrected chi connectivity index (χ4v) is 3.22. The molecule has 154 valence electrons. The average molecular weight is 418 g/mol. The first kappa shape index (κ1) is 19.9. The van der Waals surface area contributed by atoms with Gasteiger partial charge in [0.25, 0.3) is 17.5 Å². The summed E-state index contributed by atoms with van der Waals surface area (Å²) in [5.41, 5.74) is 0.979. The van der Waals surface area contributed by atoms with Crippen LogP contribution in [-0.4, -0.2) is 26.6 Å². The summed E-state index contributed by atoms with van der Waals surface area (Å²) in [6, 6.07) is 15.9. The molecule has 0 aliphatic carbocycles. The Morgan fingerprint density at radius 3 is 2.42 bits per heavy atom. The van der Waals surface area contributed by atoms with Gasteiger partial charge < -0.3 is 5.32 Å². The number of nitrogens with zero attached hydrogens (tertiary/aromatic N) is 3. The number of amides is 2. The molecule has 1 N–H and O–H groups in total. The van der Waals surface area contributed by atoms with E-state index in [-0.39, 0.29) is 29.2 Å². The Labute approximate surface area is 175 Å². The van der Waals surface area contributed by atoms with E-state index < -0.39 is 22.6 Å². The molecular formula is C22H15FN4O4. The lowest BCUT2D eigenvalue weighted by atomic mass is 10.0. The largest absolute Gasteiger partial charge is 0.350 e. The lowest BCUT2D eigenvalue weighted by molar-refractivity contribution is -0.384. The second-order valence-electron chi connectivity index (χ2n) is 6.71. The van der Waals surface area contributed by atoms with E-state index >= 15 is 0 Å². The van der Waals surface area contributed by atoms with Crippen LogP contribution < -0.4 is 5.32 Å². The van der Waals surface area contributed by atoms with Crippen molar-refractivity contribution in [2.75, 3.05) is 5.32 Å². The molecule has 8 nitrogen and oxygen atoms in total. The molecule has 0 spiro atoms. The third-order valence-electron chi connectivity index (χ3n) is 4.68. The summed E-state index contributed by atoms with van der Waals surface area (Å²) in [6.45, 7) is -0.0523. The highest BCUT2D eigenvalue weighted by molar-refractivity contribution is 6.36. The van der Waals surface area contributed by atoms with Crippen molar-refractivity contribution in [3.8, 4) is 0 Å². The standard InChI is InChI=1S/C22H15FN4O4/c23-15-4-3-6-16(12-15)25-20-19(14-7-9-18(10-8-14)27(30)31)21(28)26(22(20)29)13-17-5-1-2-11-24-17/h1-12,25H,13H2. The first-order valence-corrected chi connectivity index (χ1v) is 9.22. The van der Waals surface area contributed by atoms with Gasteiger partial charge in [-0.15, -0.1) is 0 Å². The predicted octanol–water partition coefficient (Wildman–Crippen LogP) is 3.52. The smallest absolute Gasteiger partial charge is 0.278 e. The number of non-ortho nitro benzene ring substituents is 1. The molecule has 3 aromatic rings. The fraction of sp³-hybridized carbons (Fsp3) is 0.0455. The van der Waals surface area contributed by atoms with Crippen LogP contribution >= 0.6 is 0 Å². The second kappa shape index (κ2) is 8.15. The van der Waals surface area contributed by atoms with E-state index in [9.17, 15) is 24.1 Å². The van der Waals surface area contributed by atoms with Crippen LogP contribution in [0.4, 0.5) is 15.8 Å². The maximum absolute atomic E-state index is 13.6. The summed E-state index contributed by atoms with van der Waals surface area (Å²) in [4.78, 5) is 41.9. The summed E-state index contributed by atoms with van der Waals surface area (Å²) in [6.07, 6.45) is 1.55. The summed E-state index contributed by atoms with van der Waals surface area (Å²) in [5.74, 6) is -1.69. The molecule has 0 unspecified atom stereocenters. The highest BCUT2D eigenvalue weighted by Gasteiger charge is 2.39. The van der Waals surface area contributed by atoms with Crippen LogP contribution in [0, 0.1) is 15.9 Å². The zero-order chi connectivity index (χ0) is 22.0. The molecule has 0 radical (unpaired) electrons. The second-order valence-corrected chi connectivity index (χ2v) is 6.71. The normalized spacial score (nSPS) is 13.6. The number of anilines is 1. The number of carbonyl (C=O) groups excluding carboxylic acids is 2. The van der Waals surface area contributed by atoms with Gasteiger partial charge in [-0.05, 0) is 48.0 Å². The van der Waals surface area contributed by atoms with Gasteiger partial charge in [0.1, 0.15) is 11.5 Å². The van der Waals surface area contributed by atoms with Gasteiger partial charge in [0.15, 0.2) is 0 Å². The zero-order valence-electron chi connectivity index (χ0n) is 16.0. The van der Waals surface area contributed by atoms with Crippen molar-refractivity contribution < 1.29 is 18.9 Å². The Bertz CT molecular complexity index is 1210. The lowest BCUT2D eigenvalue weighted by Crippen LogP contribution is -2.32. The minimum Gasteiger partial charge on any atom is -0.350 e. The molecule has 1 aromatic heterocycles. The van der Waals surface area contributed by atoms with Crippen molar-refractivity contribution in [1.29, 1.82) is 0 Å². The molecule has 31 heavy (non-hydrogen) atoms. The number of hydrogen-bond donors (Lipinski definition) is 1. The van der Waals surface area contributed by atoms with Crippen molar-refractivity contribution in [3.05, 3.63) is 106 Å². The minimum absolute atomic E-state index is 0.0413. The van der Waals surface area contributed by atoms with Crippen molar-refractivity contribution in [1.82, 2.24) is 9.88 Å². The van der Waals surface area contributed by atoms with Crippen molar-refractivity contribution in [3.63, 3.8) is 0 Å². The molecule has 0 bridgehead atoms. The summed E-state index contributed by atoms with van der Waals surface area (Å²) >= 11 is 0. The van der Waals surface area contributed by atoms with Crippen LogP contribution in [0.1, 0.15) is 11.3 Å². The van der Waals surface area contributed by atoms with Gasteiger partial charge in [0.2, 0.25) is 0 Å². The van der Waals surface area contributed by atoms with Crippen LogP contribution in [0.15, 0.2) is 78.6 Å². The van der Waals surface area contributed by atoms with Crippen LogP contribution in [0.2, 0.25) is 0 Å². The fourth-order valence-electron chi connectivity index (χ4n) is 3.22. The van der Waals surface area contributed by atoms with E-state index in [1.165, 1.54) is 42.5 Å². The van der Waals surface area contributed by atoms with E-state index in [1.807, 2.05) is 0 Å². The third-order valence-corrected chi connectivity index (χ3v) is 4.68. The quantitative estimate of drug-likeness (QED) is 0.373. The van der Waals surface area contributed by atoms with Crippen LogP contribution in [0.3, 0.4) is 0 Å². The lowest BCUT2D eigenvalue weighted by Gasteiger charge is -2.14. The van der Waals surface area contributed by atoms with Crippen molar-refractivity contribution >= 4 is 28.8 Å². The number of benzene rings is 2. The van der Waals surface area contributed by atoms with Crippen LogP contribution in [0.5, 0.6) is 0 Å². The van der Waals surface area contributed by atoms with E-state index in [2.05, 4.69) is 10.3 Å². The molecule has 4 rings (SSSR count). The molecule has 2 aromatic carbocycles. The minimum atomic E-state index is -0.603. The van der Waals surface area contributed by atoms with Gasteiger partial charge in [-0.1, -0.05) is 12.1 Å². The molecule has 0 atom stereocenters. The monoisotopic (exact) mass is 418 g/mol. The Kier molecular flexibility index (Phi) is 5.23. The SMILES string of the molecule is O=C1C(Nc2cccc(F)c2)=C(c2ccc([N+](=O)[O-])cc2)C(=O)N1Cc1ccccn1. The Hall–Kier alpha value is -4.40. The van der Waals surface area contributed by atoms with E-state index in [0.717, 1.165) is 4.90 Å². The van der Waals surface area contributed by atoms with Gasteiger partial charge in [-0.25, -0.2) is 4.39 Å². The number of nitro benzene ring substituents is 1. The Morgan fingerprint density at radius 2 is 1.77 bits per heavy atom. The van der Waals surface area contributed by atoms with Gasteiger partial charge in [0.05, 0.1) is 22.7 Å². The van der Waals surface area contributed by atoms with Crippen LogP contribution in [0.25, 0.3) is 5.57 Å². The van der Waals surface area contributed by atoms with Gasteiger partial charge in [-0.2, -0.15) is 0 Å². The van der Waals surface area contributed by atoms with E-state index in [0.29, 0.717) is 11.3 Å². The van der Waals surface area contributed by atoms with E-state index in [4.69, 9.17) is 0 Å². The summed E-state index contributed by atoms with van der Waals surface area (Å²) < 4.78 is 13.6. The van der Waals surface area contributed by atoms with Gasteiger partial charge in [-0.3, -0.25) is 29.6 Å². The number of aromatic nitrogens is 1. The number of nitrogens with one attached hydrogen (secondary N) is 1. The number of imide groups is 1. The molecule has 2 amide bonds. The molecular weight excluding hydrogens is 403 g/mol. The zero-order valence-corrected chi connectivity index (χ0v) is 16.0. The topological polar surface area (TPSA) is 105 Å². The number of pyridine rings is 1. The van der Waals surface area contributed by atoms with Gasteiger partial charge in [0, 0.05) is 24.0 Å². The van der Waals surface area contributed by atoms with E-state index in [1.54, 1.807) is 30.5 Å². The molecule has 0 saturated heterocycles. The van der Waals surface area contributed by atoms with Crippen LogP contribution in [-0.2, 0) is 16.1 Å². The number of halogens is 1. The Morgan fingerprint density at radius 1 is 1.00 bits per heavy atom. The molecule has 0 fully saturated rings. The number of rotatable bonds is 6. The summed E-state index contributed by atoms with van der Waals surface area (Å²) in [7, 11) is 0. The molecule has 1 aliphatic heterocycles. The number of nitro groups is 1. The molecule has 2 heterocycles. The first-order chi connectivity index (χ1) is 14.9. The maximum atomic E-state index is 13.6. The van der Waals surface area contributed by atoms with Crippen molar-refractivity contribution in [2.24, 2.45) is 0 Å². The summed E-state index contributed by atoms with van der Waals surface area (Å²) in [5, 5.41) is 13.8.